The monoisotopic (exact) mass is 370 g/mol. The van der Waals surface area contributed by atoms with E-state index >= 15 is 0 Å². The number of pyridine rings is 1. The Morgan fingerprint density at radius 2 is 1.71 bits per heavy atom. The molecule has 140 valence electrons. The molecule has 2 aromatic carbocycles. The number of fused-ring (bicyclic) bond motifs is 1. The molecule has 2 N–H and O–H groups in total. The topological polar surface area (TPSA) is 58.4 Å². The number of benzene rings is 2. The third kappa shape index (κ3) is 3.60. The van der Waals surface area contributed by atoms with Gasteiger partial charge in [-0.3, -0.25) is 0 Å². The van der Waals surface area contributed by atoms with Gasteiger partial charge in [-0.25, -0.2) is 9.78 Å². The summed E-state index contributed by atoms with van der Waals surface area (Å²) >= 11 is 0. The summed E-state index contributed by atoms with van der Waals surface area (Å²) in [6.45, 7) is 6.06. The minimum Gasteiger partial charge on any atom is -0.308 e. The van der Waals surface area contributed by atoms with Crippen LogP contribution < -0.4 is 10.6 Å². The van der Waals surface area contributed by atoms with E-state index < -0.39 is 0 Å². The van der Waals surface area contributed by atoms with Crippen LogP contribution in [0.5, 0.6) is 0 Å². The first kappa shape index (κ1) is 17.8. The maximum Gasteiger partial charge on any atom is 0.323 e. The van der Waals surface area contributed by atoms with Crippen molar-refractivity contribution in [3.8, 4) is 11.3 Å². The molecule has 0 aliphatic heterocycles. The van der Waals surface area contributed by atoms with E-state index in [4.69, 9.17) is 4.98 Å². The molecule has 0 saturated carbocycles. The van der Waals surface area contributed by atoms with Gasteiger partial charge in [-0.1, -0.05) is 35.9 Å². The fraction of sp³-hybridized carbons (Fsp3) is 0.130. The van der Waals surface area contributed by atoms with E-state index in [0.717, 1.165) is 39.4 Å². The molecule has 2 heterocycles. The lowest BCUT2D eigenvalue weighted by atomic mass is 10.1. The van der Waals surface area contributed by atoms with E-state index in [-0.39, 0.29) is 6.03 Å². The van der Waals surface area contributed by atoms with Crippen molar-refractivity contribution in [1.82, 2.24) is 9.38 Å². The summed E-state index contributed by atoms with van der Waals surface area (Å²) in [5.74, 6) is 0. The molecule has 5 nitrogen and oxygen atoms in total. The van der Waals surface area contributed by atoms with Crippen molar-refractivity contribution in [3.05, 3.63) is 83.7 Å². The van der Waals surface area contributed by atoms with Crippen LogP contribution in [0.4, 0.5) is 16.2 Å². The third-order valence-electron chi connectivity index (χ3n) is 4.75. The van der Waals surface area contributed by atoms with Gasteiger partial charge in [0, 0.05) is 29.3 Å². The number of amides is 2. The highest BCUT2D eigenvalue weighted by Crippen LogP contribution is 2.23. The standard InChI is InChI=1S/C23H22N4O/c1-15-6-11-20(17(3)13-15)26-23(28)24-19-9-7-18(8-10-19)21-14-27-12-4-5-16(2)22(27)25-21/h4-14H,1-3H3,(H2,24,26,28). The zero-order chi connectivity index (χ0) is 19.7. The van der Waals surface area contributed by atoms with E-state index in [1.165, 1.54) is 5.56 Å². The molecular weight excluding hydrogens is 348 g/mol. The van der Waals surface area contributed by atoms with Gasteiger partial charge < -0.3 is 15.0 Å². The van der Waals surface area contributed by atoms with Crippen LogP contribution in [-0.2, 0) is 0 Å². The van der Waals surface area contributed by atoms with Gasteiger partial charge in [0.05, 0.1) is 5.69 Å². The Balaban J connectivity index is 1.48. The SMILES string of the molecule is Cc1ccc(NC(=O)Nc2ccc(-c3cn4cccc(C)c4n3)cc2)c(C)c1. The van der Waals surface area contributed by atoms with Crippen LogP contribution in [0.15, 0.2) is 67.0 Å². The second-order valence-corrected chi connectivity index (χ2v) is 7.02. The molecule has 0 saturated heterocycles. The highest BCUT2D eigenvalue weighted by molar-refractivity contribution is 6.00. The molecular formula is C23H22N4O. The minimum atomic E-state index is -0.261. The van der Waals surface area contributed by atoms with Crippen molar-refractivity contribution in [2.24, 2.45) is 0 Å². The highest BCUT2D eigenvalue weighted by Gasteiger charge is 2.08. The van der Waals surface area contributed by atoms with Crippen molar-refractivity contribution in [2.45, 2.75) is 20.8 Å². The molecule has 2 amide bonds. The van der Waals surface area contributed by atoms with Gasteiger partial charge in [0.2, 0.25) is 0 Å². The van der Waals surface area contributed by atoms with Gasteiger partial charge >= 0.3 is 6.03 Å². The Morgan fingerprint density at radius 1 is 0.929 bits per heavy atom. The number of rotatable bonds is 3. The van der Waals surface area contributed by atoms with Crippen LogP contribution >= 0.6 is 0 Å². The predicted molar refractivity (Wildman–Crippen MR) is 114 cm³/mol. The Hall–Kier alpha value is -3.60. The lowest BCUT2D eigenvalue weighted by Gasteiger charge is -2.10. The van der Waals surface area contributed by atoms with Crippen LogP contribution in [-0.4, -0.2) is 15.4 Å². The number of aromatic nitrogens is 2. The van der Waals surface area contributed by atoms with Crippen LogP contribution in [0.25, 0.3) is 16.9 Å². The molecule has 0 aliphatic rings. The number of urea groups is 1. The van der Waals surface area contributed by atoms with Gasteiger partial charge in [0.15, 0.2) is 0 Å². The van der Waals surface area contributed by atoms with Crippen molar-refractivity contribution in [2.75, 3.05) is 10.6 Å². The van der Waals surface area contributed by atoms with E-state index in [2.05, 4.69) is 10.6 Å². The molecule has 0 unspecified atom stereocenters. The number of carbonyl (C=O) groups excluding carboxylic acids is 1. The number of hydrogen-bond donors (Lipinski definition) is 2. The fourth-order valence-electron chi connectivity index (χ4n) is 3.26. The molecule has 0 spiro atoms. The Kier molecular flexibility index (Phi) is 4.57. The Morgan fingerprint density at radius 3 is 2.43 bits per heavy atom. The summed E-state index contributed by atoms with van der Waals surface area (Å²) in [5, 5.41) is 5.76. The van der Waals surface area contributed by atoms with Gasteiger partial charge in [0.1, 0.15) is 5.65 Å². The quantitative estimate of drug-likeness (QED) is 0.495. The molecule has 0 radical (unpaired) electrons. The number of imidazole rings is 1. The first-order chi connectivity index (χ1) is 13.5. The first-order valence-corrected chi connectivity index (χ1v) is 9.19. The second-order valence-electron chi connectivity index (χ2n) is 7.02. The summed E-state index contributed by atoms with van der Waals surface area (Å²) in [6, 6.07) is 17.4. The molecule has 5 heteroatoms. The summed E-state index contributed by atoms with van der Waals surface area (Å²) in [7, 11) is 0. The van der Waals surface area contributed by atoms with Crippen LogP contribution in [0.1, 0.15) is 16.7 Å². The van der Waals surface area contributed by atoms with E-state index in [1.807, 2.05) is 92.2 Å². The first-order valence-electron chi connectivity index (χ1n) is 9.19. The van der Waals surface area contributed by atoms with Crippen molar-refractivity contribution in [3.63, 3.8) is 0 Å². The van der Waals surface area contributed by atoms with Gasteiger partial charge in [0.25, 0.3) is 0 Å². The largest absolute Gasteiger partial charge is 0.323 e. The maximum atomic E-state index is 12.3. The number of aryl methyl sites for hydroxylation is 3. The average molecular weight is 370 g/mol. The third-order valence-corrected chi connectivity index (χ3v) is 4.75. The molecule has 4 rings (SSSR count). The molecule has 2 aromatic heterocycles. The van der Waals surface area contributed by atoms with Gasteiger partial charge in [-0.15, -0.1) is 0 Å². The van der Waals surface area contributed by atoms with Crippen molar-refractivity contribution < 1.29 is 4.79 Å². The van der Waals surface area contributed by atoms with Crippen molar-refractivity contribution in [1.29, 1.82) is 0 Å². The number of hydrogen-bond acceptors (Lipinski definition) is 2. The number of nitrogens with one attached hydrogen (secondary N) is 2. The molecule has 28 heavy (non-hydrogen) atoms. The maximum absolute atomic E-state index is 12.3. The summed E-state index contributed by atoms with van der Waals surface area (Å²) < 4.78 is 2.02. The number of carbonyl (C=O) groups is 1. The minimum absolute atomic E-state index is 0.261. The summed E-state index contributed by atoms with van der Waals surface area (Å²) in [6.07, 6.45) is 4.00. The predicted octanol–water partition coefficient (Wildman–Crippen LogP) is 5.57. The zero-order valence-corrected chi connectivity index (χ0v) is 16.2. The Labute approximate surface area is 164 Å². The molecule has 0 atom stereocenters. The second kappa shape index (κ2) is 7.19. The summed E-state index contributed by atoms with van der Waals surface area (Å²) in [4.78, 5) is 17.0. The number of nitrogens with zero attached hydrogens (tertiary/aromatic N) is 2. The lowest BCUT2D eigenvalue weighted by Crippen LogP contribution is -2.19. The van der Waals surface area contributed by atoms with Crippen LogP contribution in [0.3, 0.4) is 0 Å². The molecule has 0 bridgehead atoms. The van der Waals surface area contributed by atoms with E-state index in [1.54, 1.807) is 0 Å². The van der Waals surface area contributed by atoms with Crippen molar-refractivity contribution >= 4 is 23.1 Å². The normalized spacial score (nSPS) is 10.8. The highest BCUT2D eigenvalue weighted by atomic mass is 16.2. The zero-order valence-electron chi connectivity index (χ0n) is 16.2. The average Bonchev–Trinajstić information content (AvgIpc) is 3.10. The van der Waals surface area contributed by atoms with E-state index in [0.29, 0.717) is 0 Å². The molecule has 4 aromatic rings. The lowest BCUT2D eigenvalue weighted by molar-refractivity contribution is 0.262. The Bertz CT molecular complexity index is 1160. The van der Waals surface area contributed by atoms with Gasteiger partial charge in [-0.05, 0) is 56.2 Å². The molecule has 0 fully saturated rings. The van der Waals surface area contributed by atoms with Crippen LogP contribution in [0, 0.1) is 20.8 Å². The van der Waals surface area contributed by atoms with Crippen LogP contribution in [0.2, 0.25) is 0 Å². The van der Waals surface area contributed by atoms with E-state index in [9.17, 15) is 4.79 Å². The number of anilines is 2. The fourth-order valence-corrected chi connectivity index (χ4v) is 3.26. The van der Waals surface area contributed by atoms with Gasteiger partial charge in [-0.2, -0.15) is 0 Å². The summed E-state index contributed by atoms with van der Waals surface area (Å²) in [5.41, 5.74) is 7.73. The molecule has 0 aliphatic carbocycles. The smallest absolute Gasteiger partial charge is 0.308 e.